The van der Waals surface area contributed by atoms with Gasteiger partial charge in [0.15, 0.2) is 0 Å². The van der Waals surface area contributed by atoms with Crippen molar-refractivity contribution in [2.45, 2.75) is 49.8 Å². The van der Waals surface area contributed by atoms with Crippen LogP contribution in [0.3, 0.4) is 0 Å². The number of carbonyl (C=O) groups excluding carboxylic acids is 3. The Labute approximate surface area is 134 Å². The van der Waals surface area contributed by atoms with Crippen LogP contribution in [0, 0.1) is 0 Å². The summed E-state index contributed by atoms with van der Waals surface area (Å²) in [6.45, 7) is 2.66. The van der Waals surface area contributed by atoms with Crippen LogP contribution in [0.1, 0.15) is 32.1 Å². The molecule has 1 atom stereocenters. The summed E-state index contributed by atoms with van der Waals surface area (Å²) in [5.41, 5.74) is -0.412. The molecule has 1 spiro atoms. The summed E-state index contributed by atoms with van der Waals surface area (Å²) in [6.07, 6.45) is 3.39. The van der Waals surface area contributed by atoms with Gasteiger partial charge in [-0.15, -0.1) is 0 Å². The number of rotatable bonds is 2. The minimum atomic E-state index is -0.412. The first-order valence-corrected chi connectivity index (χ1v) is 8.36. The number of urea groups is 1. The van der Waals surface area contributed by atoms with Gasteiger partial charge in [-0.2, -0.15) is 0 Å². The van der Waals surface area contributed by atoms with E-state index in [0.717, 1.165) is 19.4 Å². The van der Waals surface area contributed by atoms with Gasteiger partial charge in [-0.05, 0) is 12.8 Å². The van der Waals surface area contributed by atoms with Gasteiger partial charge in [-0.3, -0.25) is 4.79 Å². The van der Waals surface area contributed by atoms with Crippen LogP contribution in [-0.4, -0.2) is 71.7 Å². The summed E-state index contributed by atoms with van der Waals surface area (Å²) in [4.78, 5) is 39.0. The fraction of sp³-hybridized carbons (Fsp3) is 0.800. The van der Waals surface area contributed by atoms with Gasteiger partial charge in [-0.25, -0.2) is 9.59 Å². The first kappa shape index (κ1) is 14.6. The normalized spacial score (nSPS) is 36.2. The maximum Gasteiger partial charge on any atom is 0.407 e. The van der Waals surface area contributed by atoms with Crippen LogP contribution in [0.5, 0.6) is 0 Å². The fourth-order valence-electron chi connectivity index (χ4n) is 4.17. The van der Waals surface area contributed by atoms with Crippen molar-refractivity contribution in [3.8, 4) is 0 Å². The molecular weight excluding hydrogens is 300 g/mol. The number of nitrogens with zero attached hydrogens (tertiary/aromatic N) is 2. The summed E-state index contributed by atoms with van der Waals surface area (Å²) >= 11 is 0. The molecule has 8 heteroatoms. The average Bonchev–Trinajstić information content (AvgIpc) is 3.17. The highest BCUT2D eigenvalue weighted by atomic mass is 16.6. The molecular formula is C15H22N4O4. The van der Waals surface area contributed by atoms with Crippen molar-refractivity contribution in [1.82, 2.24) is 20.4 Å². The van der Waals surface area contributed by atoms with Crippen molar-refractivity contribution in [3.63, 3.8) is 0 Å². The molecule has 0 radical (unpaired) electrons. The summed E-state index contributed by atoms with van der Waals surface area (Å²) in [5.74, 6) is 0.216. The van der Waals surface area contributed by atoms with Gasteiger partial charge in [-0.1, -0.05) is 0 Å². The molecule has 4 fully saturated rings. The van der Waals surface area contributed by atoms with Crippen LogP contribution in [-0.2, 0) is 9.53 Å². The molecule has 3 aliphatic heterocycles. The van der Waals surface area contributed by atoms with Gasteiger partial charge in [0.05, 0.1) is 12.6 Å². The van der Waals surface area contributed by atoms with Gasteiger partial charge in [0.25, 0.3) is 0 Å². The molecule has 4 rings (SSSR count). The summed E-state index contributed by atoms with van der Waals surface area (Å²) in [7, 11) is 0. The number of hydrogen-bond donors (Lipinski definition) is 2. The monoisotopic (exact) mass is 322 g/mol. The molecule has 1 unspecified atom stereocenters. The van der Waals surface area contributed by atoms with Gasteiger partial charge < -0.3 is 25.2 Å². The maximum absolute atomic E-state index is 12.3. The van der Waals surface area contributed by atoms with Crippen LogP contribution in [0.2, 0.25) is 0 Å². The lowest BCUT2D eigenvalue weighted by atomic mass is 9.76. The number of alkyl carbamates (subject to hydrolysis) is 1. The van der Waals surface area contributed by atoms with Crippen LogP contribution in [0.15, 0.2) is 0 Å². The Bertz CT molecular complexity index is 546. The fourth-order valence-corrected chi connectivity index (χ4v) is 4.17. The number of likely N-dealkylation sites (tertiary alicyclic amines) is 2. The quantitative estimate of drug-likeness (QED) is 0.751. The van der Waals surface area contributed by atoms with E-state index < -0.39 is 5.60 Å². The molecule has 3 heterocycles. The molecule has 1 aliphatic carbocycles. The van der Waals surface area contributed by atoms with Crippen molar-refractivity contribution in [1.29, 1.82) is 0 Å². The third-order valence-electron chi connectivity index (χ3n) is 5.43. The highest BCUT2D eigenvalue weighted by Gasteiger charge is 2.52. The Balaban J connectivity index is 1.25. The largest absolute Gasteiger partial charge is 0.441 e. The standard InChI is InChI=1S/C15H22N4O4/c20-12-2-1-4-19(12)11-3-5-18(8-11)13(21)17-10-6-15(7-10)9-16-14(22)23-15/h10-11H,1-9H2,(H,16,22)(H,17,21). The molecule has 3 saturated heterocycles. The summed E-state index contributed by atoms with van der Waals surface area (Å²) < 4.78 is 5.26. The van der Waals surface area contributed by atoms with Crippen molar-refractivity contribution >= 4 is 18.0 Å². The second-order valence-corrected chi connectivity index (χ2v) is 7.06. The number of amides is 4. The Morgan fingerprint density at radius 3 is 2.78 bits per heavy atom. The van der Waals surface area contributed by atoms with Crippen LogP contribution in [0.4, 0.5) is 9.59 Å². The zero-order valence-corrected chi connectivity index (χ0v) is 13.0. The van der Waals surface area contributed by atoms with Crippen LogP contribution in [0.25, 0.3) is 0 Å². The third kappa shape index (κ3) is 2.60. The van der Waals surface area contributed by atoms with E-state index in [1.807, 2.05) is 4.90 Å². The van der Waals surface area contributed by atoms with Gasteiger partial charge in [0.2, 0.25) is 5.91 Å². The van der Waals surface area contributed by atoms with E-state index in [1.165, 1.54) is 0 Å². The van der Waals surface area contributed by atoms with Gasteiger partial charge >= 0.3 is 12.1 Å². The Hall–Kier alpha value is -1.99. The van der Waals surface area contributed by atoms with E-state index >= 15 is 0 Å². The molecule has 1 saturated carbocycles. The molecule has 4 amide bonds. The molecule has 0 aromatic heterocycles. The highest BCUT2D eigenvalue weighted by molar-refractivity contribution is 5.79. The number of nitrogens with one attached hydrogen (secondary N) is 2. The lowest BCUT2D eigenvalue weighted by Gasteiger charge is -2.43. The maximum atomic E-state index is 12.3. The average molecular weight is 322 g/mol. The van der Waals surface area contributed by atoms with Crippen molar-refractivity contribution in [2.75, 3.05) is 26.2 Å². The first-order chi connectivity index (χ1) is 11.0. The zero-order chi connectivity index (χ0) is 16.0. The Morgan fingerprint density at radius 1 is 1.30 bits per heavy atom. The summed E-state index contributed by atoms with van der Waals surface area (Å²) in [6, 6.07) is 0.155. The SMILES string of the molecule is O=C1NCC2(CC(NC(=O)N3CCC(N4CCCC4=O)C3)C2)O1. The number of hydrogen-bond acceptors (Lipinski definition) is 4. The predicted octanol–water partition coefficient (Wildman–Crippen LogP) is 0.0337. The summed E-state index contributed by atoms with van der Waals surface area (Å²) in [5, 5.41) is 5.67. The van der Waals surface area contributed by atoms with Gasteiger partial charge in [0.1, 0.15) is 5.60 Å². The second kappa shape index (κ2) is 5.28. The molecule has 0 aromatic rings. The van der Waals surface area contributed by atoms with Crippen molar-refractivity contribution in [3.05, 3.63) is 0 Å². The Morgan fingerprint density at radius 2 is 2.13 bits per heavy atom. The first-order valence-electron chi connectivity index (χ1n) is 8.36. The van der Waals surface area contributed by atoms with E-state index in [-0.39, 0.29) is 30.1 Å². The molecule has 23 heavy (non-hydrogen) atoms. The molecule has 0 bridgehead atoms. The molecule has 126 valence electrons. The lowest BCUT2D eigenvalue weighted by Crippen LogP contribution is -2.58. The molecule has 8 nitrogen and oxygen atoms in total. The predicted molar refractivity (Wildman–Crippen MR) is 79.7 cm³/mol. The number of ether oxygens (including phenoxy) is 1. The second-order valence-electron chi connectivity index (χ2n) is 7.06. The lowest BCUT2D eigenvalue weighted by molar-refractivity contribution is -0.129. The molecule has 0 aromatic carbocycles. The van der Waals surface area contributed by atoms with Crippen LogP contribution < -0.4 is 10.6 Å². The minimum absolute atomic E-state index is 0.0580. The van der Waals surface area contributed by atoms with Crippen molar-refractivity contribution < 1.29 is 19.1 Å². The van der Waals surface area contributed by atoms with Crippen LogP contribution >= 0.6 is 0 Å². The van der Waals surface area contributed by atoms with E-state index in [0.29, 0.717) is 38.9 Å². The van der Waals surface area contributed by atoms with E-state index in [1.54, 1.807) is 4.90 Å². The van der Waals surface area contributed by atoms with E-state index in [2.05, 4.69) is 10.6 Å². The van der Waals surface area contributed by atoms with E-state index in [4.69, 9.17) is 4.74 Å². The van der Waals surface area contributed by atoms with Crippen molar-refractivity contribution in [2.24, 2.45) is 0 Å². The topological polar surface area (TPSA) is 91.0 Å². The third-order valence-corrected chi connectivity index (χ3v) is 5.43. The molecule has 2 N–H and O–H groups in total. The molecule has 4 aliphatic rings. The zero-order valence-electron chi connectivity index (χ0n) is 13.0. The van der Waals surface area contributed by atoms with Gasteiger partial charge in [0, 0.05) is 44.9 Å². The van der Waals surface area contributed by atoms with E-state index in [9.17, 15) is 14.4 Å². The Kier molecular flexibility index (Phi) is 3.35. The minimum Gasteiger partial charge on any atom is -0.441 e. The number of carbonyl (C=O) groups is 3. The smallest absolute Gasteiger partial charge is 0.407 e. The highest BCUT2D eigenvalue weighted by Crippen LogP contribution is 2.38.